The van der Waals surface area contributed by atoms with Crippen LogP contribution in [0.2, 0.25) is 0 Å². The summed E-state index contributed by atoms with van der Waals surface area (Å²) in [5, 5.41) is 5.13. The minimum absolute atomic E-state index is 0.488. The van der Waals surface area contributed by atoms with Gasteiger partial charge in [0, 0.05) is 61.9 Å². The minimum atomic E-state index is -0.488. The number of nitrogens with zero attached hydrogens (tertiary/aromatic N) is 1. The van der Waals surface area contributed by atoms with Crippen molar-refractivity contribution in [2.45, 2.75) is 5.41 Å². The summed E-state index contributed by atoms with van der Waals surface area (Å²) in [5.41, 5.74) is 10.6. The molecule has 0 saturated carbocycles. The Labute approximate surface area is 324 Å². The maximum Gasteiger partial charge on any atom is 0.0714 e. The standard InChI is InChI=1S/C49H30BrNS2/c50-44-30-35(28-41-39-19-9-12-22-46(39)53-48(41)44)51(33-24-26-47-40(27-33)38-18-8-11-21-45(38)52-47)34-23-25-37-36-17-7-10-20-42(36)49(43(37)29-34,31-13-3-1-4-14-31)32-15-5-2-6-16-32/h1-30H. The maximum absolute atomic E-state index is 4.04. The van der Waals surface area contributed by atoms with Crippen molar-refractivity contribution in [3.8, 4) is 11.1 Å². The lowest BCUT2D eigenvalue weighted by Crippen LogP contribution is -2.28. The van der Waals surface area contributed by atoms with Crippen molar-refractivity contribution in [1.29, 1.82) is 0 Å². The van der Waals surface area contributed by atoms with Crippen LogP contribution in [-0.2, 0) is 5.41 Å². The van der Waals surface area contributed by atoms with Gasteiger partial charge in [0.1, 0.15) is 0 Å². The van der Waals surface area contributed by atoms with E-state index in [0.29, 0.717) is 0 Å². The van der Waals surface area contributed by atoms with Crippen molar-refractivity contribution in [1.82, 2.24) is 0 Å². The first-order valence-electron chi connectivity index (χ1n) is 17.9. The minimum Gasteiger partial charge on any atom is -0.310 e. The SMILES string of the molecule is Brc1cc(N(c2ccc3c(c2)C(c2ccccc2)(c2ccccc2)c2ccccc2-3)c2ccc3sc4ccccc4c3c2)cc2c1sc1ccccc12. The van der Waals surface area contributed by atoms with Crippen LogP contribution in [0.4, 0.5) is 17.1 Å². The van der Waals surface area contributed by atoms with Crippen molar-refractivity contribution in [3.05, 3.63) is 209 Å². The van der Waals surface area contributed by atoms with Crippen molar-refractivity contribution < 1.29 is 0 Å². The normalized spacial score (nSPS) is 13.2. The van der Waals surface area contributed by atoms with Crippen molar-refractivity contribution in [2.75, 3.05) is 4.90 Å². The number of halogens is 1. The van der Waals surface area contributed by atoms with Crippen molar-refractivity contribution >= 4 is 96.0 Å². The van der Waals surface area contributed by atoms with E-state index >= 15 is 0 Å². The van der Waals surface area contributed by atoms with Gasteiger partial charge in [0.05, 0.1) is 5.41 Å². The number of anilines is 3. The predicted octanol–water partition coefficient (Wildman–Crippen LogP) is 15.0. The molecule has 0 amide bonds. The molecule has 8 aromatic carbocycles. The fraction of sp³-hybridized carbons (Fsp3) is 0.0204. The Bertz CT molecular complexity index is 2990. The van der Waals surface area contributed by atoms with Gasteiger partial charge in [-0.05, 0) is 104 Å². The van der Waals surface area contributed by atoms with E-state index in [4.69, 9.17) is 0 Å². The fourth-order valence-electron chi connectivity index (χ4n) is 8.77. The van der Waals surface area contributed by atoms with Gasteiger partial charge in [0.15, 0.2) is 0 Å². The number of rotatable bonds is 5. The molecule has 0 aliphatic heterocycles. The molecule has 0 unspecified atom stereocenters. The lowest BCUT2D eigenvalue weighted by Gasteiger charge is -2.35. The molecular weight excluding hydrogens is 747 g/mol. The monoisotopic (exact) mass is 775 g/mol. The Kier molecular flexibility index (Phi) is 7.03. The Morgan fingerprint density at radius 3 is 1.70 bits per heavy atom. The van der Waals surface area contributed by atoms with E-state index in [2.05, 4.69) is 203 Å². The fourth-order valence-corrected chi connectivity index (χ4v) is 11.6. The Balaban J connectivity index is 1.22. The third-order valence-corrected chi connectivity index (χ3v) is 14.3. The lowest BCUT2D eigenvalue weighted by atomic mass is 9.67. The average molecular weight is 777 g/mol. The number of hydrogen-bond acceptors (Lipinski definition) is 3. The second-order valence-corrected chi connectivity index (χ2v) is 16.8. The summed E-state index contributed by atoms with van der Waals surface area (Å²) in [5.74, 6) is 0. The van der Waals surface area contributed by atoms with Crippen LogP contribution in [0.5, 0.6) is 0 Å². The molecule has 11 rings (SSSR count). The van der Waals surface area contributed by atoms with E-state index < -0.39 is 5.41 Å². The first-order chi connectivity index (χ1) is 26.2. The molecule has 0 spiro atoms. The van der Waals surface area contributed by atoms with Crippen LogP contribution in [0, 0.1) is 0 Å². The van der Waals surface area contributed by atoms with Gasteiger partial charge in [0.2, 0.25) is 0 Å². The smallest absolute Gasteiger partial charge is 0.0714 e. The molecule has 0 saturated heterocycles. The van der Waals surface area contributed by atoms with Gasteiger partial charge in [-0.25, -0.2) is 0 Å². The van der Waals surface area contributed by atoms with Gasteiger partial charge >= 0.3 is 0 Å². The molecule has 0 bridgehead atoms. The van der Waals surface area contributed by atoms with E-state index in [0.717, 1.165) is 21.5 Å². The van der Waals surface area contributed by atoms with E-state index in [1.165, 1.54) is 73.7 Å². The molecule has 1 aliphatic carbocycles. The molecule has 0 atom stereocenters. The highest BCUT2D eigenvalue weighted by Gasteiger charge is 2.46. The molecular formula is C49H30BrNS2. The largest absolute Gasteiger partial charge is 0.310 e. The maximum atomic E-state index is 4.04. The summed E-state index contributed by atoms with van der Waals surface area (Å²) in [6.07, 6.45) is 0. The van der Waals surface area contributed by atoms with Crippen LogP contribution < -0.4 is 4.90 Å². The van der Waals surface area contributed by atoms with E-state index in [-0.39, 0.29) is 0 Å². The molecule has 53 heavy (non-hydrogen) atoms. The summed E-state index contributed by atoms with van der Waals surface area (Å²) in [4.78, 5) is 2.46. The van der Waals surface area contributed by atoms with Gasteiger partial charge in [-0.3, -0.25) is 0 Å². The van der Waals surface area contributed by atoms with Crippen LogP contribution in [0.25, 0.3) is 51.5 Å². The number of fused-ring (bicyclic) bond motifs is 9. The molecule has 0 radical (unpaired) electrons. The highest BCUT2D eigenvalue weighted by molar-refractivity contribution is 9.10. The summed E-state index contributed by atoms with van der Waals surface area (Å²) < 4.78 is 6.28. The van der Waals surface area contributed by atoms with Crippen LogP contribution in [-0.4, -0.2) is 0 Å². The first kappa shape index (κ1) is 31.0. The second-order valence-electron chi connectivity index (χ2n) is 13.8. The van der Waals surface area contributed by atoms with Crippen molar-refractivity contribution in [2.24, 2.45) is 0 Å². The molecule has 1 aliphatic rings. The second kappa shape index (κ2) is 12.0. The molecule has 1 nitrogen and oxygen atoms in total. The average Bonchev–Trinajstić information content (AvgIpc) is 3.87. The molecule has 2 heterocycles. The Morgan fingerprint density at radius 2 is 0.943 bits per heavy atom. The highest BCUT2D eigenvalue weighted by Crippen LogP contribution is 2.57. The predicted molar refractivity (Wildman–Crippen MR) is 232 cm³/mol. The highest BCUT2D eigenvalue weighted by atomic mass is 79.9. The van der Waals surface area contributed by atoms with E-state index in [1.54, 1.807) is 0 Å². The van der Waals surface area contributed by atoms with Gasteiger partial charge in [-0.2, -0.15) is 0 Å². The van der Waals surface area contributed by atoms with Gasteiger partial charge in [0.25, 0.3) is 0 Å². The zero-order chi connectivity index (χ0) is 35.1. The molecule has 2 aromatic heterocycles. The number of benzene rings is 8. The van der Waals surface area contributed by atoms with Gasteiger partial charge < -0.3 is 4.90 Å². The van der Waals surface area contributed by atoms with Crippen LogP contribution >= 0.6 is 38.6 Å². The lowest BCUT2D eigenvalue weighted by molar-refractivity contribution is 0.768. The third kappa shape index (κ3) is 4.59. The van der Waals surface area contributed by atoms with Gasteiger partial charge in [-0.15, -0.1) is 22.7 Å². The Morgan fingerprint density at radius 1 is 0.396 bits per heavy atom. The summed E-state index contributed by atoms with van der Waals surface area (Å²) in [7, 11) is 0. The molecule has 0 N–H and O–H groups in total. The van der Waals surface area contributed by atoms with Crippen LogP contribution in [0.1, 0.15) is 22.3 Å². The van der Waals surface area contributed by atoms with Gasteiger partial charge in [-0.1, -0.05) is 127 Å². The van der Waals surface area contributed by atoms with Crippen LogP contribution in [0.3, 0.4) is 0 Å². The number of thiophene rings is 2. The van der Waals surface area contributed by atoms with Crippen LogP contribution in [0.15, 0.2) is 186 Å². The topological polar surface area (TPSA) is 3.24 Å². The van der Waals surface area contributed by atoms with E-state index in [1.807, 2.05) is 22.7 Å². The zero-order valence-corrected chi connectivity index (χ0v) is 31.7. The summed E-state index contributed by atoms with van der Waals surface area (Å²) in [6, 6.07) is 67.5. The van der Waals surface area contributed by atoms with E-state index in [9.17, 15) is 0 Å². The first-order valence-corrected chi connectivity index (χ1v) is 20.3. The molecule has 4 heteroatoms. The molecule has 250 valence electrons. The third-order valence-electron chi connectivity index (χ3n) is 11.0. The molecule has 0 fully saturated rings. The zero-order valence-electron chi connectivity index (χ0n) is 28.5. The Hall–Kier alpha value is -5.52. The molecule has 10 aromatic rings. The summed E-state index contributed by atoms with van der Waals surface area (Å²) >= 11 is 7.74. The van der Waals surface area contributed by atoms with Crippen molar-refractivity contribution in [3.63, 3.8) is 0 Å². The number of hydrogen-bond donors (Lipinski definition) is 0. The quantitative estimate of drug-likeness (QED) is 0.168. The summed E-state index contributed by atoms with van der Waals surface area (Å²) in [6.45, 7) is 0.